The number of amides is 1. The van der Waals surface area contributed by atoms with E-state index in [9.17, 15) is 4.79 Å². The van der Waals surface area contributed by atoms with Gasteiger partial charge in [-0.2, -0.15) is 0 Å². The smallest absolute Gasteiger partial charge is 0.253 e. The van der Waals surface area contributed by atoms with E-state index in [4.69, 9.17) is 11.6 Å². The zero-order valence-electron chi connectivity index (χ0n) is 16.3. The number of aryl methyl sites for hydroxylation is 1. The van der Waals surface area contributed by atoms with E-state index in [0.29, 0.717) is 5.92 Å². The minimum absolute atomic E-state index is 0.119. The topological polar surface area (TPSA) is 23.6 Å². The van der Waals surface area contributed by atoms with Gasteiger partial charge < -0.3 is 9.80 Å². The van der Waals surface area contributed by atoms with Crippen LogP contribution in [0.5, 0.6) is 0 Å². The first-order valence-corrected chi connectivity index (χ1v) is 10.2. The maximum absolute atomic E-state index is 12.7. The van der Waals surface area contributed by atoms with Crippen LogP contribution in [0.3, 0.4) is 0 Å². The summed E-state index contributed by atoms with van der Waals surface area (Å²) >= 11 is 5.96. The lowest BCUT2D eigenvalue weighted by Crippen LogP contribution is -2.42. The Morgan fingerprint density at radius 2 is 1.85 bits per heavy atom. The maximum Gasteiger partial charge on any atom is 0.253 e. The second kappa shape index (κ2) is 9.38. The molecule has 0 radical (unpaired) electrons. The van der Waals surface area contributed by atoms with Gasteiger partial charge in [0.2, 0.25) is 0 Å². The lowest BCUT2D eigenvalue weighted by molar-refractivity contribution is 0.0730. The normalized spacial score (nSPS) is 17.7. The molecular formula is C23H29ClN2O. The van der Waals surface area contributed by atoms with Gasteiger partial charge in [-0.15, -0.1) is 0 Å². The zero-order valence-corrected chi connectivity index (χ0v) is 17.1. The summed E-state index contributed by atoms with van der Waals surface area (Å²) in [4.78, 5) is 17.1. The number of benzene rings is 2. The molecule has 0 bridgehead atoms. The predicted molar refractivity (Wildman–Crippen MR) is 112 cm³/mol. The summed E-state index contributed by atoms with van der Waals surface area (Å²) in [5.74, 6) is 0.664. The van der Waals surface area contributed by atoms with Crippen LogP contribution < -0.4 is 0 Å². The van der Waals surface area contributed by atoms with Gasteiger partial charge in [-0.1, -0.05) is 41.4 Å². The molecule has 2 aromatic carbocycles. The van der Waals surface area contributed by atoms with Gasteiger partial charge in [0.1, 0.15) is 0 Å². The standard InChI is InChI=1S/C23H29ClN2O/c1-18-5-9-21(10-6-18)23(27)25(2)16-20-4-3-14-26(17-20)15-13-19-7-11-22(24)12-8-19/h5-12,20H,3-4,13-17H2,1-2H3/t20-/m1/s1. The Hall–Kier alpha value is -1.84. The monoisotopic (exact) mass is 384 g/mol. The number of carbonyl (C=O) groups excluding carboxylic acids is 1. The van der Waals surface area contributed by atoms with E-state index < -0.39 is 0 Å². The van der Waals surface area contributed by atoms with Gasteiger partial charge in [-0.25, -0.2) is 0 Å². The van der Waals surface area contributed by atoms with Crippen molar-refractivity contribution in [2.45, 2.75) is 26.2 Å². The number of nitrogens with zero attached hydrogens (tertiary/aromatic N) is 2. The van der Waals surface area contributed by atoms with E-state index in [1.807, 2.05) is 55.3 Å². The summed E-state index contributed by atoms with van der Waals surface area (Å²) in [6, 6.07) is 16.0. The molecule has 1 saturated heterocycles. The number of carbonyl (C=O) groups is 1. The van der Waals surface area contributed by atoms with E-state index in [1.165, 1.54) is 24.0 Å². The van der Waals surface area contributed by atoms with E-state index >= 15 is 0 Å². The lowest BCUT2D eigenvalue weighted by Gasteiger charge is -2.34. The summed E-state index contributed by atoms with van der Waals surface area (Å²) in [6.45, 7) is 6.15. The van der Waals surface area contributed by atoms with Crippen LogP contribution in [0.2, 0.25) is 5.02 Å². The molecule has 0 aliphatic carbocycles. The summed E-state index contributed by atoms with van der Waals surface area (Å²) in [5, 5.41) is 0.790. The van der Waals surface area contributed by atoms with Gasteiger partial charge in [0.25, 0.3) is 5.91 Å². The fraction of sp³-hybridized carbons (Fsp3) is 0.435. The molecule has 0 N–H and O–H groups in total. The lowest BCUT2D eigenvalue weighted by atomic mass is 9.96. The Balaban J connectivity index is 1.49. The van der Waals surface area contributed by atoms with Crippen molar-refractivity contribution in [3.63, 3.8) is 0 Å². The third-order valence-electron chi connectivity index (χ3n) is 5.41. The molecule has 1 atom stereocenters. The second-order valence-corrected chi connectivity index (χ2v) is 8.17. The highest BCUT2D eigenvalue weighted by molar-refractivity contribution is 6.30. The number of halogens is 1. The Bertz CT molecular complexity index is 742. The molecule has 3 rings (SSSR count). The molecule has 2 aromatic rings. The third kappa shape index (κ3) is 5.82. The van der Waals surface area contributed by atoms with Crippen LogP contribution in [-0.4, -0.2) is 48.9 Å². The van der Waals surface area contributed by atoms with Crippen LogP contribution in [0.25, 0.3) is 0 Å². The van der Waals surface area contributed by atoms with Crippen molar-refractivity contribution in [2.24, 2.45) is 5.92 Å². The fourth-order valence-corrected chi connectivity index (χ4v) is 3.95. The molecule has 1 fully saturated rings. The molecule has 4 heteroatoms. The van der Waals surface area contributed by atoms with Crippen molar-refractivity contribution in [1.29, 1.82) is 0 Å². The number of likely N-dealkylation sites (tertiary alicyclic amines) is 1. The number of rotatable bonds is 6. The summed E-state index contributed by atoms with van der Waals surface area (Å²) in [5.41, 5.74) is 3.28. The number of piperidine rings is 1. The maximum atomic E-state index is 12.7. The highest BCUT2D eigenvalue weighted by Gasteiger charge is 2.23. The van der Waals surface area contributed by atoms with Crippen molar-refractivity contribution in [3.8, 4) is 0 Å². The Morgan fingerprint density at radius 1 is 1.15 bits per heavy atom. The van der Waals surface area contributed by atoms with E-state index in [2.05, 4.69) is 17.0 Å². The second-order valence-electron chi connectivity index (χ2n) is 7.74. The largest absolute Gasteiger partial charge is 0.341 e. The third-order valence-corrected chi connectivity index (χ3v) is 5.66. The van der Waals surface area contributed by atoms with Crippen molar-refractivity contribution in [1.82, 2.24) is 9.80 Å². The molecule has 144 valence electrons. The van der Waals surface area contributed by atoms with Crippen LogP contribution in [-0.2, 0) is 6.42 Å². The van der Waals surface area contributed by atoms with Crippen LogP contribution in [0.15, 0.2) is 48.5 Å². The van der Waals surface area contributed by atoms with Crippen LogP contribution >= 0.6 is 11.6 Å². The molecule has 0 aromatic heterocycles. The van der Waals surface area contributed by atoms with E-state index in [1.54, 1.807) is 0 Å². The average Bonchev–Trinajstić information content (AvgIpc) is 2.68. The Kier molecular flexibility index (Phi) is 6.92. The molecule has 27 heavy (non-hydrogen) atoms. The van der Waals surface area contributed by atoms with Gasteiger partial charge in [0.05, 0.1) is 0 Å². The first kappa shape index (κ1) is 19.9. The highest BCUT2D eigenvalue weighted by Crippen LogP contribution is 2.19. The van der Waals surface area contributed by atoms with Crippen molar-refractivity contribution in [3.05, 3.63) is 70.2 Å². The zero-order chi connectivity index (χ0) is 19.2. The minimum Gasteiger partial charge on any atom is -0.341 e. The van der Waals surface area contributed by atoms with Crippen molar-refractivity contribution < 1.29 is 4.79 Å². The quantitative estimate of drug-likeness (QED) is 0.722. The molecule has 1 aliphatic heterocycles. The molecule has 1 amide bonds. The van der Waals surface area contributed by atoms with Crippen LogP contribution in [0.1, 0.15) is 34.3 Å². The fourth-order valence-electron chi connectivity index (χ4n) is 3.83. The summed E-state index contributed by atoms with van der Waals surface area (Å²) in [7, 11) is 1.93. The van der Waals surface area contributed by atoms with E-state index in [0.717, 1.165) is 43.2 Å². The van der Waals surface area contributed by atoms with Crippen LogP contribution in [0, 0.1) is 12.8 Å². The molecule has 1 aliphatic rings. The number of hydrogen-bond acceptors (Lipinski definition) is 2. The van der Waals surface area contributed by atoms with Gasteiger partial charge in [-0.3, -0.25) is 4.79 Å². The summed E-state index contributed by atoms with van der Waals surface area (Å²) < 4.78 is 0. The minimum atomic E-state index is 0.119. The molecule has 3 nitrogen and oxygen atoms in total. The molecular weight excluding hydrogens is 356 g/mol. The SMILES string of the molecule is Cc1ccc(C(=O)N(C)C[C@H]2CCCN(CCc3ccc(Cl)cc3)C2)cc1. The van der Waals surface area contributed by atoms with Gasteiger partial charge >= 0.3 is 0 Å². The molecule has 0 spiro atoms. The summed E-state index contributed by atoms with van der Waals surface area (Å²) in [6.07, 6.45) is 3.45. The Labute approximate surface area is 167 Å². The van der Waals surface area contributed by atoms with Gasteiger partial charge in [0.15, 0.2) is 0 Å². The number of hydrogen-bond donors (Lipinski definition) is 0. The average molecular weight is 385 g/mol. The Morgan fingerprint density at radius 3 is 2.56 bits per heavy atom. The molecule has 1 heterocycles. The predicted octanol–water partition coefficient (Wildman–Crippen LogP) is 4.68. The van der Waals surface area contributed by atoms with E-state index in [-0.39, 0.29) is 5.91 Å². The van der Waals surface area contributed by atoms with Gasteiger partial charge in [0, 0.05) is 37.3 Å². The highest BCUT2D eigenvalue weighted by atomic mass is 35.5. The van der Waals surface area contributed by atoms with Crippen molar-refractivity contribution in [2.75, 3.05) is 33.2 Å². The first-order valence-electron chi connectivity index (χ1n) is 9.80. The first-order chi connectivity index (χ1) is 13.0. The molecule has 0 unspecified atom stereocenters. The molecule has 0 saturated carbocycles. The van der Waals surface area contributed by atoms with Crippen molar-refractivity contribution >= 4 is 17.5 Å². The van der Waals surface area contributed by atoms with Crippen LogP contribution in [0.4, 0.5) is 0 Å². The van der Waals surface area contributed by atoms with Gasteiger partial charge in [-0.05, 0) is 68.5 Å².